The molecule has 5 heteroatoms. The molecule has 146 valence electrons. The average Bonchev–Trinajstić information content (AvgIpc) is 3.01. The highest BCUT2D eigenvalue weighted by molar-refractivity contribution is 5.78. The first-order valence-electron chi connectivity index (χ1n) is 9.74. The molecule has 0 aliphatic carbocycles. The largest absolute Gasteiger partial charge is 0.441 e. The van der Waals surface area contributed by atoms with Crippen molar-refractivity contribution in [2.45, 2.75) is 52.4 Å². The molecule has 2 aromatic rings. The van der Waals surface area contributed by atoms with Crippen molar-refractivity contribution in [1.82, 2.24) is 9.88 Å². The van der Waals surface area contributed by atoms with E-state index in [0.717, 1.165) is 24.9 Å². The molecule has 1 aromatic heterocycles. The van der Waals surface area contributed by atoms with Crippen molar-refractivity contribution in [3.63, 3.8) is 0 Å². The number of hydrogen-bond acceptors (Lipinski definition) is 4. The molecule has 1 aromatic carbocycles. The Morgan fingerprint density at radius 3 is 2.63 bits per heavy atom. The van der Waals surface area contributed by atoms with Crippen LogP contribution in [0.1, 0.15) is 50.6 Å². The van der Waals surface area contributed by atoms with E-state index in [9.17, 15) is 9.90 Å². The van der Waals surface area contributed by atoms with Crippen LogP contribution in [-0.4, -0.2) is 40.6 Å². The smallest absolute Gasteiger partial charge is 0.228 e. The summed E-state index contributed by atoms with van der Waals surface area (Å²) in [6, 6.07) is 8.24. The van der Waals surface area contributed by atoms with Crippen LogP contribution < -0.4 is 0 Å². The van der Waals surface area contributed by atoms with Crippen LogP contribution in [0.25, 0.3) is 11.5 Å². The van der Waals surface area contributed by atoms with E-state index in [4.69, 9.17) is 4.42 Å². The summed E-state index contributed by atoms with van der Waals surface area (Å²) in [7, 11) is 0. The number of rotatable bonds is 4. The minimum Gasteiger partial charge on any atom is -0.441 e. The summed E-state index contributed by atoms with van der Waals surface area (Å²) in [5.41, 5.74) is 2.97. The molecule has 1 N–H and O–H groups in total. The highest BCUT2D eigenvalue weighted by Crippen LogP contribution is 2.27. The quantitative estimate of drug-likeness (QED) is 0.891. The molecule has 1 aliphatic heterocycles. The number of carbonyl (C=O) groups is 1. The number of benzene rings is 1. The lowest BCUT2D eigenvalue weighted by Gasteiger charge is -2.31. The molecule has 0 radical (unpaired) electrons. The number of aryl methyl sites for hydroxylation is 1. The van der Waals surface area contributed by atoms with Crippen LogP contribution in [0.3, 0.4) is 0 Å². The number of aromatic nitrogens is 1. The average molecular weight is 370 g/mol. The monoisotopic (exact) mass is 370 g/mol. The van der Waals surface area contributed by atoms with Crippen molar-refractivity contribution in [2.24, 2.45) is 5.92 Å². The van der Waals surface area contributed by atoms with E-state index in [2.05, 4.69) is 37.9 Å². The van der Waals surface area contributed by atoms with Gasteiger partial charge in [-0.25, -0.2) is 4.98 Å². The van der Waals surface area contributed by atoms with Crippen LogP contribution >= 0.6 is 0 Å². The Hall–Kier alpha value is -2.14. The molecule has 1 amide bonds. The Morgan fingerprint density at radius 2 is 2.00 bits per heavy atom. The number of piperidine rings is 1. The molecule has 0 spiro atoms. The maximum atomic E-state index is 12.6. The first kappa shape index (κ1) is 19.6. The molecule has 0 saturated carbocycles. The maximum Gasteiger partial charge on any atom is 0.228 e. The molecule has 1 aliphatic rings. The normalized spacial score (nSPS) is 18.0. The number of oxazole rings is 1. The first-order valence-corrected chi connectivity index (χ1v) is 9.74. The van der Waals surface area contributed by atoms with Crippen LogP contribution in [0.4, 0.5) is 0 Å². The van der Waals surface area contributed by atoms with Crippen LogP contribution in [0.15, 0.2) is 28.7 Å². The standard InChI is InChI=1S/C22H30N2O3/c1-15-19(12-20(26)24-11-5-6-16(13-24)14-25)23-21(27-15)17-7-9-18(10-8-17)22(2,3)4/h7-10,16,25H,5-6,11-14H2,1-4H3. The Morgan fingerprint density at radius 1 is 1.30 bits per heavy atom. The minimum atomic E-state index is 0.0548. The third kappa shape index (κ3) is 4.59. The molecular weight excluding hydrogens is 340 g/mol. The lowest BCUT2D eigenvalue weighted by atomic mass is 9.87. The van der Waals surface area contributed by atoms with Gasteiger partial charge in [0.1, 0.15) is 5.76 Å². The van der Waals surface area contributed by atoms with Crippen molar-refractivity contribution in [1.29, 1.82) is 0 Å². The maximum absolute atomic E-state index is 12.6. The summed E-state index contributed by atoms with van der Waals surface area (Å²) >= 11 is 0. The molecule has 1 unspecified atom stereocenters. The Kier molecular flexibility index (Phi) is 5.70. The Balaban J connectivity index is 1.72. The van der Waals surface area contributed by atoms with Crippen molar-refractivity contribution >= 4 is 5.91 Å². The summed E-state index contributed by atoms with van der Waals surface area (Å²) < 4.78 is 5.83. The van der Waals surface area contributed by atoms with Crippen molar-refractivity contribution in [2.75, 3.05) is 19.7 Å². The van der Waals surface area contributed by atoms with Crippen molar-refractivity contribution in [3.05, 3.63) is 41.3 Å². The zero-order valence-corrected chi connectivity index (χ0v) is 16.8. The van der Waals surface area contributed by atoms with Gasteiger partial charge in [-0.1, -0.05) is 32.9 Å². The molecule has 1 fully saturated rings. The minimum absolute atomic E-state index is 0.0548. The zero-order valence-electron chi connectivity index (χ0n) is 16.8. The van der Waals surface area contributed by atoms with Gasteiger partial charge in [-0.05, 0) is 48.8 Å². The van der Waals surface area contributed by atoms with E-state index < -0.39 is 0 Å². The molecule has 2 heterocycles. The molecule has 1 saturated heterocycles. The SMILES string of the molecule is Cc1oc(-c2ccc(C(C)(C)C)cc2)nc1CC(=O)N1CCCC(CO)C1. The molecule has 27 heavy (non-hydrogen) atoms. The first-order chi connectivity index (χ1) is 12.8. The highest BCUT2D eigenvalue weighted by Gasteiger charge is 2.25. The van der Waals surface area contributed by atoms with E-state index in [1.54, 1.807) is 0 Å². The van der Waals surface area contributed by atoms with Gasteiger partial charge in [-0.3, -0.25) is 4.79 Å². The summed E-state index contributed by atoms with van der Waals surface area (Å²) in [4.78, 5) is 19.1. The van der Waals surface area contributed by atoms with E-state index in [-0.39, 0.29) is 30.3 Å². The molecule has 5 nitrogen and oxygen atoms in total. The second kappa shape index (κ2) is 7.85. The van der Waals surface area contributed by atoms with Gasteiger partial charge in [0.2, 0.25) is 11.8 Å². The number of aliphatic hydroxyl groups excluding tert-OH is 1. The van der Waals surface area contributed by atoms with Gasteiger partial charge in [-0.15, -0.1) is 0 Å². The number of carbonyl (C=O) groups excluding carboxylic acids is 1. The third-order valence-electron chi connectivity index (χ3n) is 5.34. The summed E-state index contributed by atoms with van der Waals surface area (Å²) in [6.45, 7) is 9.94. The van der Waals surface area contributed by atoms with Gasteiger partial charge in [0.15, 0.2) is 0 Å². The van der Waals surface area contributed by atoms with E-state index in [1.165, 1.54) is 5.56 Å². The van der Waals surface area contributed by atoms with Crippen molar-refractivity contribution < 1.29 is 14.3 Å². The fourth-order valence-corrected chi connectivity index (χ4v) is 3.52. The predicted octanol–water partition coefficient (Wildman–Crippen LogP) is 3.72. The fourth-order valence-electron chi connectivity index (χ4n) is 3.52. The number of nitrogens with zero attached hydrogens (tertiary/aromatic N) is 2. The van der Waals surface area contributed by atoms with Gasteiger partial charge in [-0.2, -0.15) is 0 Å². The fraction of sp³-hybridized carbons (Fsp3) is 0.545. The van der Waals surface area contributed by atoms with Crippen LogP contribution in [0.5, 0.6) is 0 Å². The van der Waals surface area contributed by atoms with Gasteiger partial charge in [0, 0.05) is 25.3 Å². The van der Waals surface area contributed by atoms with Crippen LogP contribution in [0, 0.1) is 12.8 Å². The van der Waals surface area contributed by atoms with Crippen molar-refractivity contribution in [3.8, 4) is 11.5 Å². The number of amides is 1. The van der Waals surface area contributed by atoms with Crippen LogP contribution in [0.2, 0.25) is 0 Å². The number of aliphatic hydroxyl groups is 1. The zero-order chi connectivity index (χ0) is 19.6. The lowest BCUT2D eigenvalue weighted by molar-refractivity contribution is -0.132. The van der Waals surface area contributed by atoms with Crippen LogP contribution in [-0.2, 0) is 16.6 Å². The molecular formula is C22H30N2O3. The third-order valence-corrected chi connectivity index (χ3v) is 5.34. The number of hydrogen-bond donors (Lipinski definition) is 1. The Bertz CT molecular complexity index is 787. The molecule has 0 bridgehead atoms. The van der Waals surface area contributed by atoms with E-state index in [1.807, 2.05) is 24.0 Å². The predicted molar refractivity (Wildman–Crippen MR) is 105 cm³/mol. The summed E-state index contributed by atoms with van der Waals surface area (Å²) in [6.07, 6.45) is 2.17. The van der Waals surface area contributed by atoms with E-state index >= 15 is 0 Å². The highest BCUT2D eigenvalue weighted by atomic mass is 16.4. The van der Waals surface area contributed by atoms with Gasteiger partial charge >= 0.3 is 0 Å². The van der Waals surface area contributed by atoms with Gasteiger partial charge < -0.3 is 14.4 Å². The summed E-state index contributed by atoms with van der Waals surface area (Å²) in [5, 5.41) is 9.36. The van der Waals surface area contributed by atoms with Gasteiger partial charge in [0.05, 0.1) is 12.1 Å². The second-order valence-electron chi connectivity index (χ2n) is 8.56. The second-order valence-corrected chi connectivity index (χ2v) is 8.56. The topological polar surface area (TPSA) is 66.6 Å². The van der Waals surface area contributed by atoms with Gasteiger partial charge in [0.25, 0.3) is 0 Å². The summed E-state index contributed by atoms with van der Waals surface area (Å²) in [5.74, 6) is 1.49. The number of likely N-dealkylation sites (tertiary alicyclic amines) is 1. The molecule has 1 atom stereocenters. The van der Waals surface area contributed by atoms with E-state index in [0.29, 0.717) is 23.9 Å². The molecule has 3 rings (SSSR count). The lowest BCUT2D eigenvalue weighted by Crippen LogP contribution is -2.41. The Labute approximate surface area is 161 Å².